The lowest BCUT2D eigenvalue weighted by Crippen LogP contribution is -2.33. The average Bonchev–Trinajstić information content (AvgIpc) is 3.40. The van der Waals surface area contributed by atoms with Crippen molar-refractivity contribution in [1.82, 2.24) is 5.06 Å². The highest BCUT2D eigenvalue weighted by molar-refractivity contribution is 6.31. The van der Waals surface area contributed by atoms with Gasteiger partial charge in [-0.3, -0.25) is 9.59 Å². The van der Waals surface area contributed by atoms with Crippen molar-refractivity contribution in [3.05, 3.63) is 64.2 Å². The summed E-state index contributed by atoms with van der Waals surface area (Å²) in [5, 5.41) is 1.04. The molecule has 0 bridgehead atoms. The quantitative estimate of drug-likeness (QED) is 0.772. The van der Waals surface area contributed by atoms with Crippen molar-refractivity contribution in [1.29, 1.82) is 0 Å². The highest BCUT2D eigenvalue weighted by atomic mass is 35.5. The van der Waals surface area contributed by atoms with Gasteiger partial charge in [0.05, 0.1) is 24.2 Å². The zero-order chi connectivity index (χ0) is 18.4. The molecule has 2 aliphatic rings. The lowest BCUT2D eigenvalue weighted by molar-refractivity contribution is -0.170. The monoisotopic (exact) mass is 371 g/mol. The Balaban J connectivity index is 1.50. The van der Waals surface area contributed by atoms with E-state index in [1.165, 1.54) is 19.2 Å². The summed E-state index contributed by atoms with van der Waals surface area (Å²) in [4.78, 5) is 42.1. The van der Waals surface area contributed by atoms with Crippen LogP contribution in [0.5, 0.6) is 5.75 Å². The topological polar surface area (TPSA) is 72.9 Å². The second-order valence-electron chi connectivity index (χ2n) is 6.17. The Morgan fingerprint density at radius 2 is 1.73 bits per heavy atom. The van der Waals surface area contributed by atoms with Crippen molar-refractivity contribution in [3.63, 3.8) is 0 Å². The molecule has 7 heteroatoms. The predicted octanol–water partition coefficient (Wildman–Crippen LogP) is 3.21. The standard InChI is InChI=1S/C19H14ClNO5/c1-25-15-8-4-7-14(20)16(15)12-9-13(12)19(24)26-21-17(22)10-5-2-3-6-11(10)18(21)23/h2-8,12-13H,9H2,1H3/t12-,13-/m1/s1. The molecule has 132 valence electrons. The number of carbonyl (C=O) groups excluding carboxylic acids is 3. The molecule has 26 heavy (non-hydrogen) atoms. The molecule has 2 aromatic carbocycles. The molecule has 1 aliphatic carbocycles. The van der Waals surface area contributed by atoms with Crippen LogP contribution in [0, 0.1) is 5.92 Å². The Bertz CT molecular complexity index is 906. The fourth-order valence-electron chi connectivity index (χ4n) is 3.24. The summed E-state index contributed by atoms with van der Waals surface area (Å²) in [6.45, 7) is 0. The number of amides is 2. The number of ether oxygens (including phenoxy) is 1. The second kappa shape index (κ2) is 6.14. The molecular weight excluding hydrogens is 358 g/mol. The van der Waals surface area contributed by atoms with E-state index in [2.05, 4.69) is 0 Å². The van der Waals surface area contributed by atoms with E-state index in [-0.39, 0.29) is 17.0 Å². The molecule has 2 amide bonds. The van der Waals surface area contributed by atoms with Gasteiger partial charge in [0.15, 0.2) is 0 Å². The molecule has 0 unspecified atom stereocenters. The summed E-state index contributed by atoms with van der Waals surface area (Å²) in [5.41, 5.74) is 1.19. The fraction of sp³-hybridized carbons (Fsp3) is 0.211. The number of rotatable bonds is 4. The van der Waals surface area contributed by atoms with Gasteiger partial charge in [-0.15, -0.1) is 0 Å². The molecule has 0 radical (unpaired) electrons. The normalized spacial score (nSPS) is 20.8. The molecule has 2 aromatic rings. The number of carbonyl (C=O) groups is 3. The molecule has 0 saturated heterocycles. The van der Waals surface area contributed by atoms with E-state index < -0.39 is 23.7 Å². The largest absolute Gasteiger partial charge is 0.496 e. The number of imide groups is 1. The SMILES string of the molecule is COc1cccc(Cl)c1[C@@H]1C[C@H]1C(=O)ON1C(=O)c2ccccc2C1=O. The van der Waals surface area contributed by atoms with E-state index in [9.17, 15) is 14.4 Å². The Labute approximate surface area is 154 Å². The third-order valence-electron chi connectivity index (χ3n) is 4.63. The van der Waals surface area contributed by atoms with Gasteiger partial charge in [-0.05, 0) is 30.7 Å². The van der Waals surface area contributed by atoms with Gasteiger partial charge in [0.2, 0.25) is 0 Å². The van der Waals surface area contributed by atoms with Crippen molar-refractivity contribution >= 4 is 29.4 Å². The molecular formula is C19H14ClNO5. The number of fused-ring (bicyclic) bond motifs is 1. The zero-order valence-electron chi connectivity index (χ0n) is 13.8. The smallest absolute Gasteiger partial charge is 0.336 e. The van der Waals surface area contributed by atoms with Gasteiger partial charge >= 0.3 is 5.97 Å². The van der Waals surface area contributed by atoms with Crippen LogP contribution in [0.2, 0.25) is 5.02 Å². The summed E-state index contributed by atoms with van der Waals surface area (Å²) >= 11 is 6.24. The number of halogens is 1. The van der Waals surface area contributed by atoms with Gasteiger partial charge in [0.25, 0.3) is 11.8 Å². The van der Waals surface area contributed by atoms with E-state index in [0.717, 1.165) is 5.56 Å². The Hall–Kier alpha value is -2.86. The van der Waals surface area contributed by atoms with Gasteiger partial charge in [-0.2, -0.15) is 0 Å². The molecule has 1 fully saturated rings. The van der Waals surface area contributed by atoms with E-state index in [0.29, 0.717) is 22.3 Å². The van der Waals surface area contributed by atoms with Crippen molar-refractivity contribution in [2.45, 2.75) is 12.3 Å². The number of hydroxylamine groups is 2. The first-order chi connectivity index (χ1) is 12.5. The van der Waals surface area contributed by atoms with Gasteiger partial charge in [-0.25, -0.2) is 4.79 Å². The number of nitrogens with zero attached hydrogens (tertiary/aromatic N) is 1. The van der Waals surface area contributed by atoms with Gasteiger partial charge < -0.3 is 9.57 Å². The van der Waals surface area contributed by atoms with Gasteiger partial charge in [-0.1, -0.05) is 34.9 Å². The van der Waals surface area contributed by atoms with Crippen LogP contribution in [-0.4, -0.2) is 30.0 Å². The van der Waals surface area contributed by atoms with Crippen LogP contribution in [0.3, 0.4) is 0 Å². The maximum Gasteiger partial charge on any atom is 0.336 e. The molecule has 6 nitrogen and oxygen atoms in total. The van der Waals surface area contributed by atoms with Gasteiger partial charge in [0.1, 0.15) is 5.75 Å². The third-order valence-corrected chi connectivity index (χ3v) is 4.96. The molecule has 1 heterocycles. The highest BCUT2D eigenvalue weighted by Crippen LogP contribution is 2.53. The zero-order valence-corrected chi connectivity index (χ0v) is 14.5. The lowest BCUT2D eigenvalue weighted by atomic mass is 10.1. The van der Waals surface area contributed by atoms with E-state index >= 15 is 0 Å². The average molecular weight is 372 g/mol. The molecule has 0 spiro atoms. The van der Waals surface area contributed by atoms with Crippen molar-refractivity contribution < 1.29 is 24.0 Å². The summed E-state index contributed by atoms with van der Waals surface area (Å²) in [6.07, 6.45) is 0.516. The minimum Gasteiger partial charge on any atom is -0.496 e. The second-order valence-corrected chi connectivity index (χ2v) is 6.57. The molecule has 1 saturated carbocycles. The van der Waals surface area contributed by atoms with Crippen LogP contribution < -0.4 is 4.74 Å². The molecule has 0 aromatic heterocycles. The maximum atomic E-state index is 12.4. The number of methoxy groups -OCH3 is 1. The Kier molecular flexibility index (Phi) is 3.92. The number of benzene rings is 2. The summed E-state index contributed by atoms with van der Waals surface area (Å²) < 4.78 is 5.31. The maximum absolute atomic E-state index is 12.4. The molecule has 1 aliphatic heterocycles. The molecule has 4 rings (SSSR count). The van der Waals surface area contributed by atoms with Crippen molar-refractivity contribution in [2.24, 2.45) is 5.92 Å². The summed E-state index contributed by atoms with van der Waals surface area (Å²) in [5.74, 6) is -1.95. The first-order valence-corrected chi connectivity index (χ1v) is 8.42. The van der Waals surface area contributed by atoms with Crippen molar-refractivity contribution in [3.8, 4) is 5.75 Å². The fourth-order valence-corrected chi connectivity index (χ4v) is 3.54. The molecule has 2 atom stereocenters. The predicted molar refractivity (Wildman–Crippen MR) is 91.9 cm³/mol. The first kappa shape index (κ1) is 16.6. The van der Waals surface area contributed by atoms with Crippen LogP contribution in [-0.2, 0) is 9.63 Å². The van der Waals surface area contributed by atoms with Crippen LogP contribution in [0.15, 0.2) is 42.5 Å². The minimum absolute atomic E-state index is 0.165. The van der Waals surface area contributed by atoms with Crippen molar-refractivity contribution in [2.75, 3.05) is 7.11 Å². The number of hydrogen-bond acceptors (Lipinski definition) is 5. The van der Waals surface area contributed by atoms with Crippen LogP contribution in [0.25, 0.3) is 0 Å². The third kappa shape index (κ3) is 2.54. The number of hydrogen-bond donors (Lipinski definition) is 0. The van der Waals surface area contributed by atoms with E-state index in [1.807, 2.05) is 0 Å². The minimum atomic E-state index is -0.633. The lowest BCUT2D eigenvalue weighted by Gasteiger charge is -2.13. The van der Waals surface area contributed by atoms with E-state index in [1.54, 1.807) is 30.3 Å². The van der Waals surface area contributed by atoms with Crippen LogP contribution >= 0.6 is 11.6 Å². The molecule has 0 N–H and O–H groups in total. The Morgan fingerprint density at radius 3 is 2.35 bits per heavy atom. The van der Waals surface area contributed by atoms with Crippen LogP contribution in [0.4, 0.5) is 0 Å². The first-order valence-electron chi connectivity index (χ1n) is 8.05. The summed E-state index contributed by atoms with van der Waals surface area (Å²) in [6, 6.07) is 11.6. The van der Waals surface area contributed by atoms with E-state index in [4.69, 9.17) is 21.2 Å². The van der Waals surface area contributed by atoms with Crippen LogP contribution in [0.1, 0.15) is 38.6 Å². The Morgan fingerprint density at radius 1 is 1.08 bits per heavy atom. The summed E-state index contributed by atoms with van der Waals surface area (Å²) in [7, 11) is 1.53. The van der Waals surface area contributed by atoms with Gasteiger partial charge in [0, 0.05) is 16.5 Å². The highest BCUT2D eigenvalue weighted by Gasteiger charge is 2.50.